The Hall–Kier alpha value is -4.57. The van der Waals surface area contributed by atoms with Gasteiger partial charge in [-0.15, -0.1) is 0 Å². The average molecular weight is 818 g/mol. The van der Waals surface area contributed by atoms with Gasteiger partial charge in [-0.2, -0.15) is 23.5 Å². The summed E-state index contributed by atoms with van der Waals surface area (Å²) in [7, 11) is 3.15. The highest BCUT2D eigenvalue weighted by Crippen LogP contribution is 2.46. The average Bonchev–Trinajstić information content (AvgIpc) is 3.76. The number of amides is 2. The second-order valence-corrected chi connectivity index (χ2v) is 17.6. The molecule has 0 radical (unpaired) electrons. The summed E-state index contributed by atoms with van der Waals surface area (Å²) in [6.45, 7) is 12.4. The topological polar surface area (TPSA) is 229 Å². The number of aromatic nitrogens is 2. The third kappa shape index (κ3) is 9.43. The Bertz CT molecular complexity index is 2170. The molecule has 0 aromatic carbocycles. The van der Waals surface area contributed by atoms with Crippen LogP contribution in [0.2, 0.25) is 0 Å². The Kier molecular flexibility index (Phi) is 14.0. The summed E-state index contributed by atoms with van der Waals surface area (Å²) in [5, 5.41) is 24.5. The first-order valence-corrected chi connectivity index (χ1v) is 21.3. The molecule has 4 heterocycles. The van der Waals surface area contributed by atoms with Crippen molar-refractivity contribution in [1.29, 1.82) is 0 Å². The Balaban J connectivity index is 1.73. The number of hydrogen-bond donors (Lipinski definition) is 8. The van der Waals surface area contributed by atoms with Crippen LogP contribution in [0.1, 0.15) is 109 Å². The molecule has 13 nitrogen and oxygen atoms in total. The van der Waals surface area contributed by atoms with Crippen LogP contribution in [0.4, 0.5) is 0 Å². The van der Waals surface area contributed by atoms with Gasteiger partial charge in [-0.05, 0) is 128 Å². The molecular formula is C42H55N7O6S2. The lowest BCUT2D eigenvalue weighted by atomic mass is 9.74. The maximum atomic E-state index is 12.3. The largest absolute Gasteiger partial charge is 0.481 e. The van der Waals surface area contributed by atoms with Crippen LogP contribution in [-0.2, 0) is 25.6 Å². The summed E-state index contributed by atoms with van der Waals surface area (Å²) in [5.74, 6) is -1.40. The Morgan fingerprint density at radius 2 is 1.28 bits per heavy atom. The van der Waals surface area contributed by atoms with E-state index < -0.39 is 24.0 Å². The fourth-order valence-corrected chi connectivity index (χ4v) is 10.1. The fourth-order valence-electron chi connectivity index (χ4n) is 7.82. The summed E-state index contributed by atoms with van der Waals surface area (Å²) >= 11 is 3.21. The number of aliphatic imine (C=N–C) groups is 1. The number of carbonyl (C=O) groups excluding carboxylic acids is 2. The zero-order valence-corrected chi connectivity index (χ0v) is 35.6. The molecule has 0 saturated heterocycles. The number of likely N-dealkylation sites (N-methyl/N-ethyl adjacent to an activating group) is 2. The number of thioether (sulfide) groups is 2. The van der Waals surface area contributed by atoms with Crippen molar-refractivity contribution in [2.75, 3.05) is 25.6 Å². The highest BCUT2D eigenvalue weighted by Gasteiger charge is 2.32. The van der Waals surface area contributed by atoms with E-state index in [0.29, 0.717) is 35.8 Å². The van der Waals surface area contributed by atoms with E-state index in [4.69, 9.17) is 16.5 Å². The van der Waals surface area contributed by atoms with Crippen LogP contribution in [0, 0.1) is 13.8 Å². The first-order valence-electron chi connectivity index (χ1n) is 19.2. The molecule has 10 N–H and O–H groups in total. The van der Waals surface area contributed by atoms with Crippen LogP contribution in [0.3, 0.4) is 0 Å². The maximum Gasteiger partial charge on any atom is 0.303 e. The van der Waals surface area contributed by atoms with E-state index in [-0.39, 0.29) is 41.6 Å². The molecular weight excluding hydrogens is 763 g/mol. The molecule has 2 aromatic rings. The standard InChI is InChI=1S/C42H55N7O6S2/c1-19-25(9-11-37(50)51)28-14-34-26(10-12-38(52)53)20(2)32(47-34)15-35-40(24(6)57-18-30(44)42(55)46-8)22(4)33(49-35)16-36-39(21(3)31(48-36)13-27(19)28)23(5)56-17-29(43)41(54)45-7/h13-15,23-24,29-30,48-49H,9-12,16-18,43-44H2,1-8H3,(H,45,54)(H,46,55)(H,50,51)(H,52,53)/t23-,24+,29-,30+/m0/s1. The van der Waals surface area contributed by atoms with Crippen molar-refractivity contribution in [3.8, 4) is 0 Å². The van der Waals surface area contributed by atoms with Gasteiger partial charge in [0.15, 0.2) is 0 Å². The van der Waals surface area contributed by atoms with Gasteiger partial charge in [0.2, 0.25) is 11.8 Å². The van der Waals surface area contributed by atoms with E-state index in [1.807, 2.05) is 26.0 Å². The number of allylic oxidation sites excluding steroid dienone is 7. The molecule has 0 unspecified atom stereocenters. The third-order valence-electron chi connectivity index (χ3n) is 11.1. The van der Waals surface area contributed by atoms with Crippen molar-refractivity contribution in [2.45, 2.75) is 96.2 Å². The monoisotopic (exact) mass is 817 g/mol. The van der Waals surface area contributed by atoms with E-state index in [1.54, 1.807) is 37.6 Å². The summed E-state index contributed by atoms with van der Waals surface area (Å²) in [5.41, 5.74) is 27.4. The SMILES string of the molecule is CNC(=O)[C@H](N)CS[C@H](C)c1c2[nH]c(c1C)Cc1[nH]c(c(C)c1[C@H](C)SC[C@H](N)C(=O)NC)C=C1C(=CC3=NC(=C2)C(C)=C3CCC(=O)O)C(CCC(=O)O)=C1C. The van der Waals surface area contributed by atoms with E-state index in [2.05, 4.69) is 54.4 Å². The van der Waals surface area contributed by atoms with Crippen LogP contribution in [0.5, 0.6) is 0 Å². The number of H-pyrrole nitrogens is 2. The molecule has 6 bridgehead atoms. The predicted molar refractivity (Wildman–Crippen MR) is 230 cm³/mol. The Morgan fingerprint density at radius 3 is 1.84 bits per heavy atom. The van der Waals surface area contributed by atoms with Crippen LogP contribution >= 0.6 is 23.5 Å². The van der Waals surface area contributed by atoms with Crippen molar-refractivity contribution in [3.05, 3.63) is 90.2 Å². The van der Waals surface area contributed by atoms with E-state index in [0.717, 1.165) is 78.5 Å². The smallest absolute Gasteiger partial charge is 0.303 e. The molecule has 0 fully saturated rings. The van der Waals surface area contributed by atoms with Gasteiger partial charge in [0, 0.05) is 78.1 Å². The van der Waals surface area contributed by atoms with Gasteiger partial charge in [-0.3, -0.25) is 19.2 Å². The normalized spacial score (nSPS) is 17.2. The lowest BCUT2D eigenvalue weighted by molar-refractivity contribution is -0.137. The summed E-state index contributed by atoms with van der Waals surface area (Å²) < 4.78 is 0. The molecule has 0 spiro atoms. The van der Waals surface area contributed by atoms with Crippen molar-refractivity contribution in [3.63, 3.8) is 0 Å². The third-order valence-corrected chi connectivity index (χ3v) is 13.7. The minimum absolute atomic E-state index is 0.0250. The quantitative estimate of drug-likeness (QED) is 0.102. The lowest BCUT2D eigenvalue weighted by Gasteiger charge is -2.29. The summed E-state index contributed by atoms with van der Waals surface area (Å²) in [6.07, 6.45) is 7.20. The zero-order chi connectivity index (χ0) is 41.9. The fraction of sp³-hybridized carbons (Fsp3) is 0.452. The molecule has 4 atom stereocenters. The van der Waals surface area contributed by atoms with E-state index in [9.17, 15) is 29.4 Å². The number of carbonyl (C=O) groups is 4. The molecule has 5 rings (SSSR count). The summed E-state index contributed by atoms with van der Waals surface area (Å²) in [6, 6.07) is -1.33. The first-order chi connectivity index (χ1) is 27.0. The number of carboxylic acids is 2. The van der Waals surface area contributed by atoms with Crippen LogP contribution in [-0.4, -0.2) is 87.3 Å². The van der Waals surface area contributed by atoms with Gasteiger partial charge >= 0.3 is 11.9 Å². The van der Waals surface area contributed by atoms with Gasteiger partial charge < -0.3 is 42.3 Å². The van der Waals surface area contributed by atoms with Gasteiger partial charge in [-0.1, -0.05) is 0 Å². The number of fused-ring (bicyclic) bond motifs is 6. The number of aliphatic carboxylic acids is 2. The number of aromatic amines is 2. The molecule has 306 valence electrons. The number of hydrogen-bond acceptors (Lipinski definition) is 9. The minimum Gasteiger partial charge on any atom is -0.481 e. The highest BCUT2D eigenvalue weighted by molar-refractivity contribution is 7.99. The number of nitrogens with two attached hydrogens (primary N) is 2. The molecule has 2 aliphatic heterocycles. The minimum atomic E-state index is -0.909. The molecule has 0 saturated carbocycles. The second-order valence-electron chi connectivity index (χ2n) is 14.8. The molecule has 1 aliphatic carbocycles. The lowest BCUT2D eigenvalue weighted by Crippen LogP contribution is -2.40. The van der Waals surface area contributed by atoms with Crippen molar-refractivity contribution >= 4 is 65.1 Å². The molecule has 15 heteroatoms. The van der Waals surface area contributed by atoms with Crippen molar-refractivity contribution < 1.29 is 29.4 Å². The predicted octanol–water partition coefficient (Wildman–Crippen LogP) is 5.78. The van der Waals surface area contributed by atoms with Gasteiger partial charge in [0.05, 0.1) is 23.5 Å². The maximum absolute atomic E-state index is 12.3. The molecule has 2 amide bonds. The van der Waals surface area contributed by atoms with Gasteiger partial charge in [-0.25, -0.2) is 4.99 Å². The van der Waals surface area contributed by atoms with Crippen molar-refractivity contribution in [2.24, 2.45) is 16.5 Å². The van der Waals surface area contributed by atoms with Crippen molar-refractivity contribution in [1.82, 2.24) is 20.6 Å². The van der Waals surface area contributed by atoms with E-state index >= 15 is 0 Å². The number of rotatable bonds is 16. The van der Waals surface area contributed by atoms with Crippen LogP contribution in [0.15, 0.2) is 50.2 Å². The Labute approximate surface area is 342 Å². The van der Waals surface area contributed by atoms with Crippen LogP contribution < -0.4 is 22.1 Å². The van der Waals surface area contributed by atoms with Gasteiger partial charge in [0.25, 0.3) is 0 Å². The van der Waals surface area contributed by atoms with Gasteiger partial charge in [0.1, 0.15) is 0 Å². The molecule has 2 aromatic heterocycles. The Morgan fingerprint density at radius 1 is 0.737 bits per heavy atom. The first kappa shape index (κ1) is 43.6. The summed E-state index contributed by atoms with van der Waals surface area (Å²) in [4.78, 5) is 60.8. The number of carboxylic acid groups (broad SMARTS) is 2. The highest BCUT2D eigenvalue weighted by atomic mass is 32.2. The zero-order valence-electron chi connectivity index (χ0n) is 33.9. The number of nitrogens with zero attached hydrogens (tertiary/aromatic N) is 1. The van der Waals surface area contributed by atoms with E-state index in [1.165, 1.54) is 0 Å². The number of nitrogens with one attached hydrogen (secondary N) is 4. The van der Waals surface area contributed by atoms with Crippen LogP contribution in [0.25, 0.3) is 12.2 Å². The second kappa shape index (κ2) is 18.3. The molecule has 3 aliphatic rings. The molecule has 57 heavy (non-hydrogen) atoms.